The van der Waals surface area contributed by atoms with E-state index in [-0.39, 0.29) is 0 Å². The van der Waals surface area contributed by atoms with Gasteiger partial charge in [-0.2, -0.15) is 11.8 Å². The second-order valence-corrected chi connectivity index (χ2v) is 5.31. The third-order valence-corrected chi connectivity index (χ3v) is 3.55. The van der Waals surface area contributed by atoms with Crippen molar-refractivity contribution in [3.05, 3.63) is 12.4 Å². The van der Waals surface area contributed by atoms with E-state index in [0.29, 0.717) is 6.04 Å². The average Bonchev–Trinajstić information content (AvgIpc) is 2.74. The van der Waals surface area contributed by atoms with Crippen LogP contribution >= 0.6 is 11.8 Å². The zero-order valence-corrected chi connectivity index (χ0v) is 11.8. The van der Waals surface area contributed by atoms with E-state index < -0.39 is 0 Å². The highest BCUT2D eigenvalue weighted by Crippen LogP contribution is 2.10. The molecule has 0 amide bonds. The van der Waals surface area contributed by atoms with E-state index in [2.05, 4.69) is 28.7 Å². The molecule has 98 valence electrons. The Balaban J connectivity index is 2.39. The Bertz CT molecular complexity index is 304. The van der Waals surface area contributed by atoms with Gasteiger partial charge in [-0.25, -0.2) is 4.98 Å². The predicted octanol–water partition coefficient (Wildman–Crippen LogP) is 2.47. The van der Waals surface area contributed by atoms with E-state index >= 15 is 0 Å². The average molecular weight is 257 g/mol. The number of imidazole rings is 1. The highest BCUT2D eigenvalue weighted by Gasteiger charge is 2.06. The van der Waals surface area contributed by atoms with Gasteiger partial charge in [0.05, 0.1) is 0 Å². The van der Waals surface area contributed by atoms with Gasteiger partial charge in [0.1, 0.15) is 0 Å². The number of hydrogen-bond donors (Lipinski definition) is 1. The molecule has 1 N–H and O–H groups in total. The smallest absolute Gasteiger partial charge is 0.203 e. The van der Waals surface area contributed by atoms with Crippen LogP contribution in [-0.2, 0) is 11.3 Å². The number of nitrogens with zero attached hydrogens (tertiary/aromatic N) is 2. The Morgan fingerprint density at radius 3 is 3.12 bits per heavy atom. The second-order valence-electron chi connectivity index (χ2n) is 4.00. The van der Waals surface area contributed by atoms with Crippen molar-refractivity contribution in [2.24, 2.45) is 0 Å². The molecule has 0 spiro atoms. The summed E-state index contributed by atoms with van der Waals surface area (Å²) in [5.74, 6) is 3.24. The fourth-order valence-electron chi connectivity index (χ4n) is 1.57. The quantitative estimate of drug-likeness (QED) is 0.690. The summed E-state index contributed by atoms with van der Waals surface area (Å²) >= 11 is 1.95. The molecule has 4 nitrogen and oxygen atoms in total. The van der Waals surface area contributed by atoms with Crippen LogP contribution < -0.4 is 5.32 Å². The van der Waals surface area contributed by atoms with Crippen molar-refractivity contribution in [1.29, 1.82) is 0 Å². The minimum atomic E-state index is 0.448. The van der Waals surface area contributed by atoms with Crippen LogP contribution in [0.2, 0.25) is 0 Å². The molecule has 0 radical (unpaired) electrons. The summed E-state index contributed by atoms with van der Waals surface area (Å²) in [7, 11) is 1.73. The molecule has 1 aromatic rings. The summed E-state index contributed by atoms with van der Waals surface area (Å²) in [5.41, 5.74) is 0. The van der Waals surface area contributed by atoms with E-state index in [9.17, 15) is 0 Å². The first kappa shape index (κ1) is 14.4. The molecule has 0 saturated heterocycles. The molecular formula is C12H23N3OS. The largest absolute Gasteiger partial charge is 0.385 e. The monoisotopic (exact) mass is 257 g/mol. The molecule has 0 saturated carbocycles. The third kappa shape index (κ3) is 5.46. The lowest BCUT2D eigenvalue weighted by Crippen LogP contribution is -2.21. The molecular weight excluding hydrogens is 234 g/mol. The van der Waals surface area contributed by atoms with Crippen molar-refractivity contribution < 1.29 is 4.74 Å². The molecule has 0 aliphatic carbocycles. The number of rotatable bonds is 9. The van der Waals surface area contributed by atoms with Crippen molar-refractivity contribution in [2.75, 3.05) is 30.5 Å². The zero-order valence-electron chi connectivity index (χ0n) is 11.0. The number of anilines is 1. The van der Waals surface area contributed by atoms with Gasteiger partial charge in [-0.05, 0) is 19.1 Å². The van der Waals surface area contributed by atoms with Crippen LogP contribution in [0.15, 0.2) is 12.4 Å². The van der Waals surface area contributed by atoms with Crippen LogP contribution in [0.25, 0.3) is 0 Å². The van der Waals surface area contributed by atoms with E-state index in [1.54, 1.807) is 7.11 Å². The van der Waals surface area contributed by atoms with Gasteiger partial charge < -0.3 is 14.6 Å². The van der Waals surface area contributed by atoms with E-state index in [4.69, 9.17) is 4.74 Å². The fraction of sp³-hybridized carbons (Fsp3) is 0.750. The lowest BCUT2D eigenvalue weighted by atomic mass is 10.4. The van der Waals surface area contributed by atoms with Crippen molar-refractivity contribution in [3.8, 4) is 0 Å². The Morgan fingerprint density at radius 1 is 1.59 bits per heavy atom. The van der Waals surface area contributed by atoms with Gasteiger partial charge in [0.15, 0.2) is 0 Å². The predicted molar refractivity (Wildman–Crippen MR) is 74.8 cm³/mol. The Labute approximate surface area is 108 Å². The minimum absolute atomic E-state index is 0.448. The summed E-state index contributed by atoms with van der Waals surface area (Å²) in [6.07, 6.45) is 4.87. The number of methoxy groups -OCH3 is 1. The summed E-state index contributed by atoms with van der Waals surface area (Å²) in [6.45, 7) is 6.11. The zero-order chi connectivity index (χ0) is 12.5. The normalized spacial score (nSPS) is 12.6. The summed E-state index contributed by atoms with van der Waals surface area (Å²) in [5, 5.41) is 3.44. The molecule has 0 fully saturated rings. The summed E-state index contributed by atoms with van der Waals surface area (Å²) in [6, 6.07) is 0.448. The topological polar surface area (TPSA) is 39.1 Å². The first-order valence-electron chi connectivity index (χ1n) is 6.12. The van der Waals surface area contributed by atoms with Crippen LogP contribution in [0.5, 0.6) is 0 Å². The number of aromatic nitrogens is 2. The van der Waals surface area contributed by atoms with Crippen LogP contribution in [0.4, 0.5) is 5.95 Å². The maximum Gasteiger partial charge on any atom is 0.203 e. The van der Waals surface area contributed by atoms with Crippen molar-refractivity contribution >= 4 is 17.7 Å². The van der Waals surface area contributed by atoms with Crippen molar-refractivity contribution in [3.63, 3.8) is 0 Å². The Morgan fingerprint density at radius 2 is 2.41 bits per heavy atom. The number of aryl methyl sites for hydroxylation is 1. The van der Waals surface area contributed by atoms with Gasteiger partial charge in [-0.15, -0.1) is 0 Å². The molecule has 1 heterocycles. The number of nitrogens with one attached hydrogen (secondary N) is 1. The summed E-state index contributed by atoms with van der Waals surface area (Å²) in [4.78, 5) is 4.34. The van der Waals surface area contributed by atoms with E-state index in [1.807, 2.05) is 24.2 Å². The number of thioether (sulfide) groups is 1. The second kappa shape index (κ2) is 8.42. The first-order chi connectivity index (χ1) is 8.27. The van der Waals surface area contributed by atoms with E-state index in [0.717, 1.165) is 37.0 Å². The summed E-state index contributed by atoms with van der Waals surface area (Å²) < 4.78 is 7.20. The first-order valence-corrected chi connectivity index (χ1v) is 7.27. The van der Waals surface area contributed by atoms with Gasteiger partial charge in [0, 0.05) is 44.4 Å². The molecule has 0 aliphatic heterocycles. The lowest BCUT2D eigenvalue weighted by Gasteiger charge is -2.15. The molecule has 1 rings (SSSR count). The van der Waals surface area contributed by atoms with Gasteiger partial charge >= 0.3 is 0 Å². The van der Waals surface area contributed by atoms with Crippen LogP contribution in [0, 0.1) is 0 Å². The fourth-order valence-corrected chi connectivity index (χ4v) is 2.24. The Hall–Kier alpha value is -0.680. The molecule has 1 atom stereocenters. The molecule has 5 heteroatoms. The van der Waals surface area contributed by atoms with Gasteiger partial charge in [-0.3, -0.25) is 0 Å². The molecule has 1 aromatic heterocycles. The number of hydrogen-bond acceptors (Lipinski definition) is 4. The highest BCUT2D eigenvalue weighted by molar-refractivity contribution is 7.99. The van der Waals surface area contributed by atoms with Crippen molar-refractivity contribution in [1.82, 2.24) is 9.55 Å². The molecule has 0 aliphatic rings. The Kier molecular flexibility index (Phi) is 7.12. The molecule has 0 bridgehead atoms. The number of ether oxygens (including phenoxy) is 1. The van der Waals surface area contributed by atoms with Gasteiger partial charge in [-0.1, -0.05) is 6.92 Å². The standard InChI is InChI=1S/C12H23N3OS/c1-4-17-10-11(2)14-12-13-6-8-15(12)7-5-9-16-3/h6,8,11H,4-5,7,9-10H2,1-3H3,(H,13,14). The molecule has 17 heavy (non-hydrogen) atoms. The lowest BCUT2D eigenvalue weighted by molar-refractivity contribution is 0.190. The van der Waals surface area contributed by atoms with Crippen molar-refractivity contribution in [2.45, 2.75) is 32.9 Å². The minimum Gasteiger partial charge on any atom is -0.385 e. The van der Waals surface area contributed by atoms with Gasteiger partial charge in [0.2, 0.25) is 5.95 Å². The van der Waals surface area contributed by atoms with E-state index in [1.165, 1.54) is 0 Å². The third-order valence-electron chi connectivity index (χ3n) is 2.41. The maximum absolute atomic E-state index is 5.06. The van der Waals surface area contributed by atoms with Crippen LogP contribution in [0.3, 0.4) is 0 Å². The van der Waals surface area contributed by atoms with Crippen LogP contribution in [-0.4, -0.2) is 40.8 Å². The SMILES string of the molecule is CCSCC(C)Nc1nccn1CCCOC. The molecule has 1 unspecified atom stereocenters. The molecule has 0 aromatic carbocycles. The maximum atomic E-state index is 5.06. The van der Waals surface area contributed by atoms with Crippen LogP contribution in [0.1, 0.15) is 20.3 Å². The van der Waals surface area contributed by atoms with Gasteiger partial charge in [0.25, 0.3) is 0 Å². The highest BCUT2D eigenvalue weighted by atomic mass is 32.2.